The normalized spacial score (nSPS) is 15.9. The molecule has 2 aromatic rings. The standard InChI is InChI=1S/C18H14Cl2N6O5S/c19-11-6-5-8(7-12(11)20)22-16(27)13(24-25-18(32)23-21)14(26(29)30)15-9-3-1-2-4-10(9)17(28)31-15/h1-7,14-15H,21H2,(H,22,27)(H2,23,25,32)/b24-13+/t14-,15-/m1/s1. The summed E-state index contributed by atoms with van der Waals surface area (Å²) in [6, 6.07) is 8.48. The van der Waals surface area contributed by atoms with Gasteiger partial charge in [-0.2, -0.15) is 5.10 Å². The summed E-state index contributed by atoms with van der Waals surface area (Å²) in [7, 11) is 0. The number of nitrogens with two attached hydrogens (primary N) is 1. The number of anilines is 1. The van der Waals surface area contributed by atoms with Gasteiger partial charge in [0.15, 0.2) is 0 Å². The van der Waals surface area contributed by atoms with Crippen molar-refractivity contribution in [3.63, 3.8) is 0 Å². The molecule has 32 heavy (non-hydrogen) atoms. The number of hydrogen-bond donors (Lipinski definition) is 4. The number of nitro groups is 1. The number of nitrogens with one attached hydrogen (secondary N) is 3. The summed E-state index contributed by atoms with van der Waals surface area (Å²) in [5.41, 5.74) is 4.28. The van der Waals surface area contributed by atoms with Crippen LogP contribution in [0.15, 0.2) is 47.6 Å². The van der Waals surface area contributed by atoms with E-state index >= 15 is 0 Å². The molecule has 5 N–H and O–H groups in total. The van der Waals surface area contributed by atoms with Gasteiger partial charge < -0.3 is 10.1 Å². The summed E-state index contributed by atoms with van der Waals surface area (Å²) < 4.78 is 5.22. The van der Waals surface area contributed by atoms with Crippen LogP contribution < -0.4 is 22.0 Å². The van der Waals surface area contributed by atoms with Crippen LogP contribution in [0.25, 0.3) is 0 Å². The van der Waals surface area contributed by atoms with Gasteiger partial charge in [0.05, 0.1) is 15.6 Å². The van der Waals surface area contributed by atoms with E-state index in [2.05, 4.69) is 21.3 Å². The van der Waals surface area contributed by atoms with Crippen LogP contribution in [0, 0.1) is 10.1 Å². The van der Waals surface area contributed by atoms with Gasteiger partial charge in [0.2, 0.25) is 16.9 Å². The number of hydrogen-bond acceptors (Lipinski definition) is 8. The Labute approximate surface area is 196 Å². The Morgan fingerprint density at radius 2 is 1.97 bits per heavy atom. The number of esters is 1. The first kappa shape index (κ1) is 23.3. The first-order chi connectivity index (χ1) is 15.2. The number of cyclic esters (lactones) is 1. The largest absolute Gasteiger partial charge is 0.446 e. The fourth-order valence-corrected chi connectivity index (χ4v) is 3.27. The molecular formula is C18H14Cl2N6O5S. The highest BCUT2D eigenvalue weighted by Gasteiger charge is 2.48. The number of carbonyl (C=O) groups is 2. The number of hydrazone groups is 1. The SMILES string of the molecule is NNC(=S)N/N=C(/C(=O)Nc1ccc(Cl)c(Cl)c1)[C@H]([C@@H]1OC(=O)c2ccccc21)[N+](=O)[O-]. The van der Waals surface area contributed by atoms with Crippen LogP contribution in [0.4, 0.5) is 5.69 Å². The van der Waals surface area contributed by atoms with E-state index in [1.54, 1.807) is 12.1 Å². The highest BCUT2D eigenvalue weighted by molar-refractivity contribution is 7.80. The van der Waals surface area contributed by atoms with Crippen molar-refractivity contribution in [3.8, 4) is 0 Å². The number of halogens is 2. The number of thiocarbonyl (C=S) groups is 1. The minimum absolute atomic E-state index is 0.152. The van der Waals surface area contributed by atoms with Crippen molar-refractivity contribution in [1.29, 1.82) is 0 Å². The van der Waals surface area contributed by atoms with Crippen LogP contribution >= 0.6 is 35.4 Å². The lowest BCUT2D eigenvalue weighted by atomic mass is 9.96. The van der Waals surface area contributed by atoms with Crippen molar-refractivity contribution in [1.82, 2.24) is 10.9 Å². The lowest BCUT2D eigenvalue weighted by molar-refractivity contribution is -0.514. The molecule has 0 aliphatic carbocycles. The van der Waals surface area contributed by atoms with E-state index in [1.165, 1.54) is 30.3 Å². The average molecular weight is 497 g/mol. The Hall–Kier alpha value is -3.32. The molecule has 0 radical (unpaired) electrons. The van der Waals surface area contributed by atoms with Crippen LogP contribution in [-0.2, 0) is 9.53 Å². The minimum atomic E-state index is -1.88. The molecule has 0 fully saturated rings. The van der Waals surface area contributed by atoms with Crippen LogP contribution in [0.3, 0.4) is 0 Å². The molecule has 0 aromatic heterocycles. The number of rotatable bonds is 6. The van der Waals surface area contributed by atoms with Gasteiger partial charge in [0, 0.05) is 16.2 Å². The third-order valence-corrected chi connectivity index (χ3v) is 5.28. The average Bonchev–Trinajstić information content (AvgIpc) is 3.09. The molecule has 0 saturated carbocycles. The minimum Gasteiger partial charge on any atom is -0.446 e. The van der Waals surface area contributed by atoms with Gasteiger partial charge in [-0.25, -0.2) is 10.6 Å². The molecule has 2 atom stereocenters. The van der Waals surface area contributed by atoms with Crippen molar-refractivity contribution in [3.05, 3.63) is 73.8 Å². The van der Waals surface area contributed by atoms with E-state index in [0.29, 0.717) is 0 Å². The topological polar surface area (TPSA) is 161 Å². The monoisotopic (exact) mass is 496 g/mol. The van der Waals surface area contributed by atoms with Gasteiger partial charge in [-0.1, -0.05) is 41.4 Å². The molecule has 2 aromatic carbocycles. The van der Waals surface area contributed by atoms with Crippen molar-refractivity contribution >= 4 is 63.8 Å². The van der Waals surface area contributed by atoms with E-state index in [-0.39, 0.29) is 32.0 Å². The van der Waals surface area contributed by atoms with Gasteiger partial charge in [0.1, 0.15) is 0 Å². The van der Waals surface area contributed by atoms with Crippen molar-refractivity contribution in [2.75, 3.05) is 5.32 Å². The Balaban J connectivity index is 2.01. The molecule has 1 aliphatic heterocycles. The maximum Gasteiger partial charge on any atom is 0.339 e. The first-order valence-electron chi connectivity index (χ1n) is 8.77. The van der Waals surface area contributed by atoms with Gasteiger partial charge in [0.25, 0.3) is 5.91 Å². The summed E-state index contributed by atoms with van der Waals surface area (Å²) >= 11 is 16.6. The lowest BCUT2D eigenvalue weighted by Crippen LogP contribution is -2.45. The van der Waals surface area contributed by atoms with E-state index in [0.717, 1.165) is 0 Å². The first-order valence-corrected chi connectivity index (χ1v) is 9.93. The van der Waals surface area contributed by atoms with Crippen LogP contribution in [-0.4, -0.2) is 33.7 Å². The summed E-state index contributed by atoms with van der Waals surface area (Å²) in [6.07, 6.45) is -1.41. The van der Waals surface area contributed by atoms with Crippen LogP contribution in [0.1, 0.15) is 22.0 Å². The van der Waals surface area contributed by atoms with Crippen LogP contribution in [0.5, 0.6) is 0 Å². The van der Waals surface area contributed by atoms with Gasteiger partial charge >= 0.3 is 12.0 Å². The zero-order chi connectivity index (χ0) is 23.4. The molecule has 11 nitrogen and oxygen atoms in total. The molecule has 1 aliphatic rings. The molecule has 0 unspecified atom stereocenters. The molecule has 14 heteroatoms. The molecule has 0 saturated heterocycles. The predicted molar refractivity (Wildman–Crippen MR) is 121 cm³/mol. The highest BCUT2D eigenvalue weighted by Crippen LogP contribution is 2.35. The summed E-state index contributed by atoms with van der Waals surface area (Å²) in [6.45, 7) is 0. The van der Waals surface area contributed by atoms with E-state index in [9.17, 15) is 19.7 Å². The zero-order valence-electron chi connectivity index (χ0n) is 15.9. The number of hydrazine groups is 1. The Bertz CT molecular complexity index is 1140. The van der Waals surface area contributed by atoms with Crippen molar-refractivity contribution in [2.45, 2.75) is 12.1 Å². The van der Waals surface area contributed by atoms with Gasteiger partial charge in [-0.3, -0.25) is 25.8 Å². The number of benzene rings is 2. The number of nitrogens with zero attached hydrogens (tertiary/aromatic N) is 2. The van der Waals surface area contributed by atoms with Gasteiger partial charge in [-0.05, 0) is 36.5 Å². The fraction of sp³-hybridized carbons (Fsp3) is 0.111. The molecule has 1 amide bonds. The van der Waals surface area contributed by atoms with E-state index < -0.39 is 34.7 Å². The van der Waals surface area contributed by atoms with E-state index in [4.69, 9.17) is 46.0 Å². The van der Waals surface area contributed by atoms with Crippen molar-refractivity contribution in [2.24, 2.45) is 10.9 Å². The maximum atomic E-state index is 13.0. The fourth-order valence-electron chi connectivity index (χ4n) is 2.93. The van der Waals surface area contributed by atoms with Gasteiger partial charge in [-0.15, -0.1) is 0 Å². The highest BCUT2D eigenvalue weighted by atomic mass is 35.5. The van der Waals surface area contributed by atoms with E-state index in [1.807, 2.05) is 0 Å². The zero-order valence-corrected chi connectivity index (χ0v) is 18.2. The van der Waals surface area contributed by atoms with Crippen molar-refractivity contribution < 1.29 is 19.2 Å². The Kier molecular flexibility index (Phi) is 7.20. The Morgan fingerprint density at radius 1 is 1.25 bits per heavy atom. The number of amides is 1. The lowest BCUT2D eigenvalue weighted by Gasteiger charge is -2.18. The van der Waals surface area contributed by atoms with Crippen LogP contribution in [0.2, 0.25) is 10.0 Å². The number of ether oxygens (including phenoxy) is 1. The second-order valence-electron chi connectivity index (χ2n) is 6.31. The molecule has 1 heterocycles. The second kappa shape index (κ2) is 9.87. The number of carbonyl (C=O) groups excluding carboxylic acids is 2. The number of fused-ring (bicyclic) bond motifs is 1. The molecule has 0 spiro atoms. The quantitative estimate of drug-likeness (QED) is 0.117. The molecule has 3 rings (SSSR count). The second-order valence-corrected chi connectivity index (χ2v) is 7.53. The molecular weight excluding hydrogens is 483 g/mol. The molecule has 166 valence electrons. The third kappa shape index (κ3) is 4.94. The summed E-state index contributed by atoms with van der Waals surface area (Å²) in [5.74, 6) is 3.44. The summed E-state index contributed by atoms with van der Waals surface area (Å²) in [5, 5.41) is 18.4. The maximum absolute atomic E-state index is 13.0. The molecule has 0 bridgehead atoms. The predicted octanol–water partition coefficient (Wildman–Crippen LogP) is 2.18. The summed E-state index contributed by atoms with van der Waals surface area (Å²) in [4.78, 5) is 36.4. The third-order valence-electron chi connectivity index (χ3n) is 4.33. The Morgan fingerprint density at radius 3 is 2.62 bits per heavy atom. The smallest absolute Gasteiger partial charge is 0.339 e.